The lowest BCUT2D eigenvalue weighted by atomic mass is 10.1. The summed E-state index contributed by atoms with van der Waals surface area (Å²) in [5, 5.41) is 0. The molecule has 0 fully saturated rings. The summed E-state index contributed by atoms with van der Waals surface area (Å²) in [7, 11) is 0. The summed E-state index contributed by atoms with van der Waals surface area (Å²) in [6.07, 6.45) is 5.00. The zero-order valence-corrected chi connectivity index (χ0v) is 11.7. The van der Waals surface area contributed by atoms with Crippen molar-refractivity contribution in [3.63, 3.8) is 0 Å². The van der Waals surface area contributed by atoms with E-state index in [1.807, 2.05) is 11.3 Å². The molecule has 13 heavy (non-hydrogen) atoms. The van der Waals surface area contributed by atoms with Crippen LogP contribution in [-0.4, -0.2) is 4.83 Å². The Morgan fingerprint density at radius 2 is 2.15 bits per heavy atom. The predicted octanol–water partition coefficient (Wildman–Crippen LogP) is 5.01. The lowest BCUT2D eigenvalue weighted by Crippen LogP contribution is -1.98. The van der Waals surface area contributed by atoms with Gasteiger partial charge in [0.1, 0.15) is 0 Å². The van der Waals surface area contributed by atoms with Gasteiger partial charge >= 0.3 is 0 Å². The van der Waals surface area contributed by atoms with Crippen LogP contribution >= 0.6 is 43.2 Å². The fraction of sp³-hybridized carbons (Fsp3) is 0.600. The summed E-state index contributed by atoms with van der Waals surface area (Å²) in [6.45, 7) is 2.23. The van der Waals surface area contributed by atoms with Crippen molar-refractivity contribution < 1.29 is 0 Å². The van der Waals surface area contributed by atoms with Gasteiger partial charge in [0.2, 0.25) is 0 Å². The van der Waals surface area contributed by atoms with Crippen molar-refractivity contribution in [1.29, 1.82) is 0 Å². The van der Waals surface area contributed by atoms with Gasteiger partial charge in [-0.1, -0.05) is 29.3 Å². The van der Waals surface area contributed by atoms with Gasteiger partial charge in [-0.25, -0.2) is 0 Å². The molecule has 0 amide bonds. The van der Waals surface area contributed by atoms with Gasteiger partial charge in [-0.3, -0.25) is 0 Å². The minimum Gasteiger partial charge on any atom is -0.133 e. The zero-order chi connectivity index (χ0) is 9.68. The van der Waals surface area contributed by atoms with Crippen LogP contribution in [0.5, 0.6) is 0 Å². The van der Waals surface area contributed by atoms with Gasteiger partial charge in [0, 0.05) is 9.70 Å². The SMILES string of the molecule is CCCC(Br)CCc1ccc(Br)s1. The molecule has 74 valence electrons. The van der Waals surface area contributed by atoms with Crippen molar-refractivity contribution in [3.8, 4) is 0 Å². The third-order valence-corrected chi connectivity index (χ3v) is 4.53. The molecular weight excluding hydrogens is 312 g/mol. The standard InChI is InChI=1S/C10H14Br2S/c1-2-3-8(11)4-5-9-6-7-10(12)13-9/h6-8H,2-5H2,1H3. The lowest BCUT2D eigenvalue weighted by molar-refractivity contribution is 0.697. The molecule has 1 aromatic heterocycles. The number of alkyl halides is 1. The molecule has 0 saturated carbocycles. The summed E-state index contributed by atoms with van der Waals surface area (Å²) in [5.74, 6) is 0. The quantitative estimate of drug-likeness (QED) is 0.668. The van der Waals surface area contributed by atoms with Crippen molar-refractivity contribution >= 4 is 43.2 Å². The molecule has 0 radical (unpaired) electrons. The Hall–Kier alpha value is 0.660. The number of thiophene rings is 1. The second-order valence-corrected chi connectivity index (χ2v) is 6.97. The summed E-state index contributed by atoms with van der Waals surface area (Å²) in [4.78, 5) is 2.17. The highest BCUT2D eigenvalue weighted by molar-refractivity contribution is 9.11. The lowest BCUT2D eigenvalue weighted by Gasteiger charge is -2.05. The van der Waals surface area contributed by atoms with Crippen LogP contribution in [-0.2, 0) is 6.42 Å². The number of halogens is 2. The van der Waals surface area contributed by atoms with Crippen LogP contribution < -0.4 is 0 Å². The second kappa shape index (κ2) is 6.20. The predicted molar refractivity (Wildman–Crippen MR) is 68.0 cm³/mol. The average Bonchev–Trinajstić information content (AvgIpc) is 2.49. The molecule has 0 nitrogen and oxygen atoms in total. The Kier molecular flexibility index (Phi) is 5.60. The van der Waals surface area contributed by atoms with Crippen molar-refractivity contribution in [2.75, 3.05) is 0 Å². The van der Waals surface area contributed by atoms with Crippen LogP contribution in [0.2, 0.25) is 0 Å². The molecule has 0 saturated heterocycles. The molecule has 0 spiro atoms. The van der Waals surface area contributed by atoms with E-state index in [0.717, 1.165) is 0 Å². The molecule has 0 aromatic carbocycles. The number of aryl methyl sites for hydroxylation is 1. The Labute approximate surface area is 101 Å². The Bertz CT molecular complexity index is 245. The summed E-state index contributed by atoms with van der Waals surface area (Å²) in [5.41, 5.74) is 0. The monoisotopic (exact) mass is 324 g/mol. The molecule has 1 unspecified atom stereocenters. The first-order valence-corrected chi connectivity index (χ1v) is 7.13. The molecule has 0 aliphatic heterocycles. The minimum absolute atomic E-state index is 0.693. The smallest absolute Gasteiger partial charge is 0.0701 e. The van der Waals surface area contributed by atoms with E-state index in [2.05, 4.69) is 50.9 Å². The molecule has 1 rings (SSSR count). The summed E-state index contributed by atoms with van der Waals surface area (Å²) < 4.78 is 1.24. The van der Waals surface area contributed by atoms with E-state index in [4.69, 9.17) is 0 Å². The average molecular weight is 326 g/mol. The molecule has 0 aliphatic rings. The van der Waals surface area contributed by atoms with Gasteiger partial charge in [0.15, 0.2) is 0 Å². The normalized spacial score (nSPS) is 13.2. The van der Waals surface area contributed by atoms with Crippen LogP contribution in [0.1, 0.15) is 31.1 Å². The Balaban J connectivity index is 2.26. The fourth-order valence-corrected chi connectivity index (χ4v) is 3.43. The van der Waals surface area contributed by atoms with Gasteiger partial charge in [0.05, 0.1) is 3.79 Å². The number of hydrogen-bond donors (Lipinski definition) is 0. The first kappa shape index (κ1) is 11.7. The third kappa shape index (κ3) is 4.61. The molecule has 1 aromatic rings. The maximum atomic E-state index is 3.70. The first-order chi connectivity index (χ1) is 6.22. The molecule has 0 bridgehead atoms. The van der Waals surface area contributed by atoms with E-state index in [1.54, 1.807) is 0 Å². The second-order valence-electron chi connectivity index (χ2n) is 3.13. The van der Waals surface area contributed by atoms with Gasteiger partial charge in [-0.2, -0.15) is 0 Å². The number of rotatable bonds is 5. The minimum atomic E-state index is 0.693. The van der Waals surface area contributed by atoms with Gasteiger partial charge < -0.3 is 0 Å². The zero-order valence-electron chi connectivity index (χ0n) is 7.72. The first-order valence-electron chi connectivity index (χ1n) is 4.60. The maximum absolute atomic E-state index is 3.70. The van der Waals surface area contributed by atoms with E-state index in [1.165, 1.54) is 34.3 Å². The molecule has 0 aliphatic carbocycles. The van der Waals surface area contributed by atoms with E-state index >= 15 is 0 Å². The van der Waals surface area contributed by atoms with Crippen molar-refractivity contribution in [1.82, 2.24) is 0 Å². The maximum Gasteiger partial charge on any atom is 0.0701 e. The highest BCUT2D eigenvalue weighted by Gasteiger charge is 2.04. The molecule has 1 atom stereocenters. The van der Waals surface area contributed by atoms with E-state index in [-0.39, 0.29) is 0 Å². The van der Waals surface area contributed by atoms with Gasteiger partial charge in [-0.15, -0.1) is 11.3 Å². The van der Waals surface area contributed by atoms with Crippen molar-refractivity contribution in [2.24, 2.45) is 0 Å². The van der Waals surface area contributed by atoms with Crippen LogP contribution in [0, 0.1) is 0 Å². The number of hydrogen-bond acceptors (Lipinski definition) is 1. The summed E-state index contributed by atoms with van der Waals surface area (Å²) in [6, 6.07) is 4.34. The fourth-order valence-electron chi connectivity index (χ4n) is 1.24. The Morgan fingerprint density at radius 3 is 2.69 bits per heavy atom. The van der Waals surface area contributed by atoms with E-state index in [9.17, 15) is 0 Å². The Morgan fingerprint density at radius 1 is 1.38 bits per heavy atom. The molecular formula is C10H14Br2S. The van der Waals surface area contributed by atoms with E-state index < -0.39 is 0 Å². The molecule has 0 N–H and O–H groups in total. The van der Waals surface area contributed by atoms with Crippen LogP contribution in [0.4, 0.5) is 0 Å². The highest BCUT2D eigenvalue weighted by Crippen LogP contribution is 2.24. The van der Waals surface area contributed by atoms with Crippen LogP contribution in [0.3, 0.4) is 0 Å². The van der Waals surface area contributed by atoms with Crippen LogP contribution in [0.25, 0.3) is 0 Å². The van der Waals surface area contributed by atoms with Gasteiger partial charge in [0.25, 0.3) is 0 Å². The topological polar surface area (TPSA) is 0 Å². The third-order valence-electron chi connectivity index (χ3n) is 1.93. The van der Waals surface area contributed by atoms with Gasteiger partial charge in [-0.05, 0) is 47.3 Å². The van der Waals surface area contributed by atoms with Crippen LogP contribution in [0.15, 0.2) is 15.9 Å². The molecule has 3 heteroatoms. The summed E-state index contributed by atoms with van der Waals surface area (Å²) >= 11 is 9.02. The van der Waals surface area contributed by atoms with Crippen molar-refractivity contribution in [2.45, 2.75) is 37.4 Å². The van der Waals surface area contributed by atoms with Crippen molar-refractivity contribution in [3.05, 3.63) is 20.8 Å². The highest BCUT2D eigenvalue weighted by atomic mass is 79.9. The van der Waals surface area contributed by atoms with E-state index in [0.29, 0.717) is 4.83 Å². The molecule has 1 heterocycles. The largest absolute Gasteiger partial charge is 0.133 e.